The van der Waals surface area contributed by atoms with Crippen molar-refractivity contribution in [2.75, 3.05) is 40.9 Å². The average molecular weight is 853 g/mol. The number of rotatable bonds is 45. The number of hydrogen-bond acceptors (Lipinski definition) is 6. The third-order valence-electron chi connectivity index (χ3n) is 11.1. The minimum Gasteiger partial charge on any atom is -0.756 e. The third-order valence-corrected chi connectivity index (χ3v) is 12.0. The second-order valence-corrected chi connectivity index (χ2v) is 19.6. The van der Waals surface area contributed by atoms with E-state index in [0.717, 1.165) is 57.8 Å². The van der Waals surface area contributed by atoms with E-state index in [2.05, 4.69) is 43.5 Å². The topological polar surface area (TPSA) is 108 Å². The van der Waals surface area contributed by atoms with Crippen LogP contribution < -0.4 is 10.2 Å². The summed E-state index contributed by atoms with van der Waals surface area (Å²) in [5, 5.41) is 13.8. The van der Waals surface area contributed by atoms with Gasteiger partial charge in [-0.2, -0.15) is 0 Å². The maximum Gasteiger partial charge on any atom is 0.268 e. The summed E-state index contributed by atoms with van der Waals surface area (Å²) in [5.74, 6) is -0.216. The molecule has 3 unspecified atom stereocenters. The number of nitrogens with zero attached hydrogens (tertiary/aromatic N) is 1. The molecule has 0 aromatic rings. The fraction of sp³-hybridized carbons (Fsp3) is 0.860. The molecule has 0 aliphatic heterocycles. The standard InChI is InChI=1S/C50H97N2O6P/c1-6-8-10-12-14-16-18-20-22-23-24-25-26-27-28-29-30-31-33-35-37-39-41-43-49(53)48(47-58-59(55,56)57-46-45-52(3,4)5)51-50(54)44-42-40-38-36-34-32-21-19-17-15-13-11-9-7-2/h19,21,33,35,41,43,48-49,53H,6-18,20,22-32,34,36-40,42,44-47H2,1-5H3,(H-,51,54,55,56)/b21-19-,35-33+,43-41+. The van der Waals surface area contributed by atoms with E-state index in [0.29, 0.717) is 17.4 Å². The number of allylic oxidation sites excluding steroid dienone is 5. The van der Waals surface area contributed by atoms with E-state index < -0.39 is 26.6 Å². The summed E-state index contributed by atoms with van der Waals surface area (Å²) in [7, 11) is 1.24. The van der Waals surface area contributed by atoms with Crippen molar-refractivity contribution < 1.29 is 32.9 Å². The van der Waals surface area contributed by atoms with Crippen molar-refractivity contribution in [1.29, 1.82) is 0 Å². The normalized spacial score (nSPS) is 14.5. The summed E-state index contributed by atoms with van der Waals surface area (Å²) in [6, 6.07) is -0.906. The van der Waals surface area contributed by atoms with Crippen LogP contribution >= 0.6 is 7.82 Å². The summed E-state index contributed by atoms with van der Waals surface area (Å²) < 4.78 is 23.2. The van der Waals surface area contributed by atoms with Gasteiger partial charge < -0.3 is 28.8 Å². The number of quaternary nitrogens is 1. The minimum absolute atomic E-state index is 0.00774. The highest BCUT2D eigenvalue weighted by atomic mass is 31.2. The van der Waals surface area contributed by atoms with Gasteiger partial charge in [-0.3, -0.25) is 9.36 Å². The average Bonchev–Trinajstić information content (AvgIpc) is 3.19. The molecule has 0 spiro atoms. The van der Waals surface area contributed by atoms with E-state index in [1.807, 2.05) is 27.2 Å². The van der Waals surface area contributed by atoms with Crippen LogP contribution in [0.4, 0.5) is 0 Å². The van der Waals surface area contributed by atoms with Crippen molar-refractivity contribution in [3.05, 3.63) is 36.5 Å². The summed E-state index contributed by atoms with van der Waals surface area (Å²) in [4.78, 5) is 25.3. The smallest absolute Gasteiger partial charge is 0.268 e. The van der Waals surface area contributed by atoms with Crippen molar-refractivity contribution in [2.45, 2.75) is 238 Å². The van der Waals surface area contributed by atoms with Gasteiger partial charge in [0.25, 0.3) is 7.82 Å². The molecule has 59 heavy (non-hydrogen) atoms. The number of nitrogens with one attached hydrogen (secondary N) is 1. The van der Waals surface area contributed by atoms with Crippen LogP contribution in [-0.2, 0) is 18.4 Å². The number of amides is 1. The SMILES string of the molecule is CCCCCCC/C=C\CCCCCCCC(=O)NC(COP(=O)([O-])OCC[N+](C)(C)C)C(O)/C=C/CC/C=C/CCCCCCCCCCCCCCCCCCC. The molecule has 0 aliphatic carbocycles. The van der Waals surface area contributed by atoms with Gasteiger partial charge in [-0.15, -0.1) is 0 Å². The second kappa shape index (κ2) is 42.0. The van der Waals surface area contributed by atoms with Crippen LogP contribution in [0.5, 0.6) is 0 Å². The molecule has 0 aromatic carbocycles. The molecule has 8 nitrogen and oxygen atoms in total. The molecular formula is C50H97N2O6P. The highest BCUT2D eigenvalue weighted by molar-refractivity contribution is 7.45. The van der Waals surface area contributed by atoms with Crippen LogP contribution in [0.1, 0.15) is 226 Å². The Morgan fingerprint density at radius 1 is 0.576 bits per heavy atom. The molecule has 3 atom stereocenters. The molecule has 9 heteroatoms. The lowest BCUT2D eigenvalue weighted by Crippen LogP contribution is -2.45. The van der Waals surface area contributed by atoms with E-state index in [-0.39, 0.29) is 12.5 Å². The molecule has 1 amide bonds. The van der Waals surface area contributed by atoms with Gasteiger partial charge >= 0.3 is 0 Å². The summed E-state index contributed by atoms with van der Waals surface area (Å²) in [5.41, 5.74) is 0. The lowest BCUT2D eigenvalue weighted by molar-refractivity contribution is -0.870. The van der Waals surface area contributed by atoms with E-state index >= 15 is 0 Å². The first-order valence-corrected chi connectivity index (χ1v) is 26.3. The molecule has 0 radical (unpaired) electrons. The molecular weight excluding hydrogens is 756 g/mol. The van der Waals surface area contributed by atoms with Gasteiger partial charge in [-0.25, -0.2) is 0 Å². The number of hydrogen-bond donors (Lipinski definition) is 2. The monoisotopic (exact) mass is 853 g/mol. The molecule has 348 valence electrons. The number of aliphatic hydroxyl groups excluding tert-OH is 1. The van der Waals surface area contributed by atoms with Crippen LogP contribution in [-0.4, -0.2) is 68.5 Å². The van der Waals surface area contributed by atoms with Crippen LogP contribution in [0.2, 0.25) is 0 Å². The highest BCUT2D eigenvalue weighted by Gasteiger charge is 2.23. The van der Waals surface area contributed by atoms with Crippen molar-refractivity contribution >= 4 is 13.7 Å². The maximum atomic E-state index is 12.9. The zero-order chi connectivity index (χ0) is 43.6. The predicted octanol–water partition coefficient (Wildman–Crippen LogP) is 13.6. The van der Waals surface area contributed by atoms with Crippen molar-refractivity contribution in [3.8, 4) is 0 Å². The van der Waals surface area contributed by atoms with Gasteiger partial charge in [0.05, 0.1) is 39.9 Å². The molecule has 0 heterocycles. The molecule has 0 bridgehead atoms. The van der Waals surface area contributed by atoms with Gasteiger partial charge in [-0.1, -0.05) is 198 Å². The predicted molar refractivity (Wildman–Crippen MR) is 251 cm³/mol. The lowest BCUT2D eigenvalue weighted by atomic mass is 10.0. The van der Waals surface area contributed by atoms with Crippen molar-refractivity contribution in [2.24, 2.45) is 0 Å². The van der Waals surface area contributed by atoms with E-state index in [9.17, 15) is 19.4 Å². The number of likely N-dealkylation sites (N-methyl/N-ethyl adjacent to an activating group) is 1. The van der Waals surface area contributed by atoms with Gasteiger partial charge in [0.1, 0.15) is 13.2 Å². The van der Waals surface area contributed by atoms with E-state index in [1.54, 1.807) is 6.08 Å². The van der Waals surface area contributed by atoms with E-state index in [1.165, 1.54) is 148 Å². The summed E-state index contributed by atoms with van der Waals surface area (Å²) in [6.07, 6.45) is 52.1. The van der Waals surface area contributed by atoms with Crippen LogP contribution in [0.3, 0.4) is 0 Å². The number of phosphoric ester groups is 1. The zero-order valence-corrected chi connectivity index (χ0v) is 40.4. The first-order valence-electron chi connectivity index (χ1n) is 24.9. The molecule has 0 aromatic heterocycles. The fourth-order valence-corrected chi connectivity index (χ4v) is 7.83. The summed E-state index contributed by atoms with van der Waals surface area (Å²) in [6.45, 7) is 4.62. The van der Waals surface area contributed by atoms with Crippen molar-refractivity contribution in [3.63, 3.8) is 0 Å². The van der Waals surface area contributed by atoms with Gasteiger partial charge in [-0.05, 0) is 57.8 Å². The number of carbonyl (C=O) groups excluding carboxylic acids is 1. The second-order valence-electron chi connectivity index (χ2n) is 18.2. The number of phosphoric acid groups is 1. The number of aliphatic hydroxyl groups is 1. The Bertz CT molecular complexity index is 1060. The lowest BCUT2D eigenvalue weighted by Gasteiger charge is -2.29. The van der Waals surface area contributed by atoms with E-state index in [4.69, 9.17) is 9.05 Å². The zero-order valence-electron chi connectivity index (χ0n) is 39.5. The Hall–Kier alpha value is -1.28. The van der Waals surface area contributed by atoms with Gasteiger partial charge in [0.15, 0.2) is 0 Å². The highest BCUT2D eigenvalue weighted by Crippen LogP contribution is 2.38. The van der Waals surface area contributed by atoms with Crippen LogP contribution in [0.15, 0.2) is 36.5 Å². The summed E-state index contributed by atoms with van der Waals surface area (Å²) >= 11 is 0. The number of carbonyl (C=O) groups is 1. The quantitative estimate of drug-likeness (QED) is 0.0273. The van der Waals surface area contributed by atoms with Gasteiger partial charge in [0, 0.05) is 6.42 Å². The first-order chi connectivity index (χ1) is 28.5. The fourth-order valence-electron chi connectivity index (χ4n) is 7.10. The number of unbranched alkanes of at least 4 members (excludes halogenated alkanes) is 28. The minimum atomic E-state index is -4.60. The Labute approximate surface area is 366 Å². The third kappa shape index (κ3) is 44.6. The van der Waals surface area contributed by atoms with Crippen molar-refractivity contribution in [1.82, 2.24) is 5.32 Å². The molecule has 0 aliphatic rings. The van der Waals surface area contributed by atoms with Crippen LogP contribution in [0.25, 0.3) is 0 Å². The molecule has 0 rings (SSSR count). The molecule has 0 saturated carbocycles. The van der Waals surface area contributed by atoms with Gasteiger partial charge in [0.2, 0.25) is 5.91 Å². The molecule has 0 saturated heterocycles. The Morgan fingerprint density at radius 3 is 1.37 bits per heavy atom. The largest absolute Gasteiger partial charge is 0.756 e. The Morgan fingerprint density at radius 2 is 0.949 bits per heavy atom. The van der Waals surface area contributed by atoms with Crippen LogP contribution in [0, 0.1) is 0 Å². The molecule has 0 fully saturated rings. The molecule has 2 N–H and O–H groups in total. The maximum absolute atomic E-state index is 12.9. The first kappa shape index (κ1) is 57.7. The Kier molecular flexibility index (Phi) is 41.1. The Balaban J connectivity index is 4.35.